The van der Waals surface area contributed by atoms with Crippen molar-refractivity contribution in [3.05, 3.63) is 65.0 Å². The molecule has 7 heteroatoms. The molecule has 6 nitrogen and oxygen atoms in total. The largest absolute Gasteiger partial charge is 0.336 e. The fourth-order valence-corrected chi connectivity index (χ4v) is 3.49. The molecule has 3 aromatic rings. The summed E-state index contributed by atoms with van der Waals surface area (Å²) < 4.78 is 14.1. The minimum atomic E-state index is -0.468. The molecule has 1 fully saturated rings. The zero-order valence-electron chi connectivity index (χ0n) is 16.0. The van der Waals surface area contributed by atoms with Gasteiger partial charge in [0, 0.05) is 51.2 Å². The van der Waals surface area contributed by atoms with Gasteiger partial charge in [-0.3, -0.25) is 14.7 Å². The Morgan fingerprint density at radius 1 is 1.04 bits per heavy atom. The van der Waals surface area contributed by atoms with Crippen LogP contribution in [0.25, 0.3) is 11.0 Å². The molecule has 0 radical (unpaired) electrons. The molecule has 0 unspecified atom stereocenters. The van der Waals surface area contributed by atoms with E-state index in [1.807, 2.05) is 26.0 Å². The Hall–Kier alpha value is -2.93. The van der Waals surface area contributed by atoms with E-state index in [0.29, 0.717) is 24.1 Å². The van der Waals surface area contributed by atoms with Crippen LogP contribution >= 0.6 is 0 Å². The van der Waals surface area contributed by atoms with Crippen LogP contribution in [0.15, 0.2) is 36.7 Å². The molecule has 3 heterocycles. The van der Waals surface area contributed by atoms with E-state index in [4.69, 9.17) is 0 Å². The number of halogens is 1. The van der Waals surface area contributed by atoms with E-state index in [0.717, 1.165) is 31.0 Å². The summed E-state index contributed by atoms with van der Waals surface area (Å²) in [5.74, 6) is -0.657. The van der Waals surface area contributed by atoms with Crippen LogP contribution in [0.2, 0.25) is 0 Å². The van der Waals surface area contributed by atoms with E-state index in [9.17, 15) is 9.18 Å². The summed E-state index contributed by atoms with van der Waals surface area (Å²) in [6, 6.07) is 6.61. The normalized spacial score (nSPS) is 15.2. The van der Waals surface area contributed by atoms with Gasteiger partial charge in [-0.1, -0.05) is 0 Å². The zero-order valence-corrected chi connectivity index (χ0v) is 16.0. The fourth-order valence-electron chi connectivity index (χ4n) is 3.49. The number of carbonyl (C=O) groups excluding carboxylic acids is 1. The fraction of sp³-hybridized carbons (Fsp3) is 0.333. The Labute approximate surface area is 163 Å². The highest BCUT2D eigenvalue weighted by Gasteiger charge is 2.25. The molecule has 0 spiro atoms. The van der Waals surface area contributed by atoms with Crippen molar-refractivity contribution in [3.8, 4) is 0 Å². The molecule has 1 aromatic carbocycles. The Balaban J connectivity index is 1.52. The third-order valence-corrected chi connectivity index (χ3v) is 5.19. The van der Waals surface area contributed by atoms with Crippen LogP contribution < -0.4 is 0 Å². The van der Waals surface area contributed by atoms with Crippen molar-refractivity contribution in [2.45, 2.75) is 20.4 Å². The number of piperazine rings is 1. The molecule has 0 N–H and O–H groups in total. The molecule has 0 atom stereocenters. The molecule has 144 valence electrons. The van der Waals surface area contributed by atoms with Crippen LogP contribution in [0.3, 0.4) is 0 Å². The van der Waals surface area contributed by atoms with Gasteiger partial charge in [-0.05, 0) is 37.6 Å². The number of fused-ring (bicyclic) bond motifs is 1. The van der Waals surface area contributed by atoms with Crippen LogP contribution in [0.4, 0.5) is 4.39 Å². The van der Waals surface area contributed by atoms with Gasteiger partial charge in [-0.2, -0.15) is 0 Å². The van der Waals surface area contributed by atoms with E-state index in [1.165, 1.54) is 17.7 Å². The number of carbonyl (C=O) groups is 1. The van der Waals surface area contributed by atoms with Crippen molar-refractivity contribution >= 4 is 16.9 Å². The lowest BCUT2D eigenvalue weighted by Gasteiger charge is -2.34. The van der Waals surface area contributed by atoms with E-state index in [2.05, 4.69) is 19.9 Å². The van der Waals surface area contributed by atoms with Gasteiger partial charge in [0.05, 0.1) is 22.5 Å². The minimum absolute atomic E-state index is 0.189. The summed E-state index contributed by atoms with van der Waals surface area (Å²) in [6.07, 6.45) is 3.57. The summed E-state index contributed by atoms with van der Waals surface area (Å²) in [4.78, 5) is 30.1. The molecule has 1 amide bonds. The third-order valence-electron chi connectivity index (χ3n) is 5.19. The van der Waals surface area contributed by atoms with Crippen molar-refractivity contribution in [1.29, 1.82) is 0 Å². The topological polar surface area (TPSA) is 62.2 Å². The van der Waals surface area contributed by atoms with Crippen molar-refractivity contribution in [2.24, 2.45) is 0 Å². The van der Waals surface area contributed by atoms with Gasteiger partial charge in [0.1, 0.15) is 11.3 Å². The molecule has 1 saturated heterocycles. The van der Waals surface area contributed by atoms with Crippen LogP contribution in [0, 0.1) is 19.7 Å². The van der Waals surface area contributed by atoms with E-state index in [1.54, 1.807) is 17.3 Å². The van der Waals surface area contributed by atoms with Gasteiger partial charge >= 0.3 is 0 Å². The Kier molecular flexibility index (Phi) is 5.00. The summed E-state index contributed by atoms with van der Waals surface area (Å²) in [5.41, 5.74) is 3.85. The van der Waals surface area contributed by atoms with Gasteiger partial charge in [0.2, 0.25) is 0 Å². The molecule has 1 aliphatic rings. The SMILES string of the molecule is Cc1nc2cc(F)cc(C(=O)N3CCN(Cc4ccncc4)CC3)c2nc1C. The van der Waals surface area contributed by atoms with Crippen molar-refractivity contribution in [1.82, 2.24) is 24.8 Å². The number of hydrogen-bond acceptors (Lipinski definition) is 5. The number of aromatic nitrogens is 3. The Bertz CT molecular complexity index is 1020. The first-order valence-electron chi connectivity index (χ1n) is 9.36. The van der Waals surface area contributed by atoms with E-state index in [-0.39, 0.29) is 11.5 Å². The quantitative estimate of drug-likeness (QED) is 0.700. The highest BCUT2D eigenvalue weighted by molar-refractivity contribution is 6.04. The van der Waals surface area contributed by atoms with Gasteiger partial charge < -0.3 is 4.90 Å². The lowest BCUT2D eigenvalue weighted by molar-refractivity contribution is 0.0629. The molecule has 0 aliphatic carbocycles. The number of pyridine rings is 1. The predicted molar refractivity (Wildman–Crippen MR) is 104 cm³/mol. The van der Waals surface area contributed by atoms with Gasteiger partial charge in [-0.15, -0.1) is 0 Å². The second kappa shape index (κ2) is 7.59. The molecule has 2 aromatic heterocycles. The molecule has 4 rings (SSSR count). The first-order chi connectivity index (χ1) is 13.5. The summed E-state index contributed by atoms with van der Waals surface area (Å²) in [6.45, 7) is 7.24. The number of benzene rings is 1. The molecule has 0 saturated carbocycles. The highest BCUT2D eigenvalue weighted by atomic mass is 19.1. The van der Waals surface area contributed by atoms with Crippen LogP contribution in [-0.4, -0.2) is 56.8 Å². The van der Waals surface area contributed by atoms with Crippen molar-refractivity contribution < 1.29 is 9.18 Å². The monoisotopic (exact) mass is 379 g/mol. The van der Waals surface area contributed by atoms with Crippen LogP contribution in [0.5, 0.6) is 0 Å². The maximum absolute atomic E-state index is 14.1. The number of rotatable bonds is 3. The Morgan fingerprint density at radius 3 is 2.43 bits per heavy atom. The number of aryl methyl sites for hydroxylation is 2. The summed E-state index contributed by atoms with van der Waals surface area (Å²) >= 11 is 0. The molecule has 0 bridgehead atoms. The number of hydrogen-bond donors (Lipinski definition) is 0. The lowest BCUT2D eigenvalue weighted by Crippen LogP contribution is -2.48. The number of amides is 1. The third kappa shape index (κ3) is 3.71. The maximum atomic E-state index is 14.1. The summed E-state index contributed by atoms with van der Waals surface area (Å²) in [7, 11) is 0. The van der Waals surface area contributed by atoms with Crippen molar-refractivity contribution in [3.63, 3.8) is 0 Å². The van der Waals surface area contributed by atoms with Crippen molar-refractivity contribution in [2.75, 3.05) is 26.2 Å². The van der Waals surface area contributed by atoms with Crippen LogP contribution in [-0.2, 0) is 6.54 Å². The molecule has 28 heavy (non-hydrogen) atoms. The predicted octanol–water partition coefficient (Wildman–Crippen LogP) is 2.74. The van der Waals surface area contributed by atoms with Gasteiger partial charge in [-0.25, -0.2) is 14.4 Å². The van der Waals surface area contributed by atoms with E-state index < -0.39 is 5.82 Å². The lowest BCUT2D eigenvalue weighted by atomic mass is 10.1. The van der Waals surface area contributed by atoms with E-state index >= 15 is 0 Å². The van der Waals surface area contributed by atoms with Gasteiger partial charge in [0.25, 0.3) is 5.91 Å². The molecular weight excluding hydrogens is 357 g/mol. The number of nitrogens with zero attached hydrogens (tertiary/aromatic N) is 5. The minimum Gasteiger partial charge on any atom is -0.336 e. The van der Waals surface area contributed by atoms with Crippen LogP contribution in [0.1, 0.15) is 27.3 Å². The molecule has 1 aliphatic heterocycles. The first-order valence-corrected chi connectivity index (χ1v) is 9.36. The Morgan fingerprint density at radius 2 is 1.71 bits per heavy atom. The summed E-state index contributed by atoms with van der Waals surface area (Å²) in [5, 5.41) is 0. The standard InChI is InChI=1S/C21H22FN5O/c1-14-15(2)25-20-18(11-17(22)12-19(20)24-14)21(28)27-9-7-26(8-10-27)13-16-3-5-23-6-4-16/h3-6,11-12H,7-10,13H2,1-2H3. The smallest absolute Gasteiger partial charge is 0.256 e. The average molecular weight is 379 g/mol. The zero-order chi connectivity index (χ0) is 19.7. The second-order valence-corrected chi connectivity index (χ2v) is 7.14. The first kappa shape index (κ1) is 18.4. The molecular formula is C21H22FN5O. The second-order valence-electron chi connectivity index (χ2n) is 7.14. The highest BCUT2D eigenvalue weighted by Crippen LogP contribution is 2.21. The maximum Gasteiger partial charge on any atom is 0.256 e. The average Bonchev–Trinajstić information content (AvgIpc) is 2.69. The van der Waals surface area contributed by atoms with Gasteiger partial charge in [0.15, 0.2) is 0 Å².